The zero-order valence-corrected chi connectivity index (χ0v) is 18.2. The highest BCUT2D eigenvalue weighted by Crippen LogP contribution is 2.39. The van der Waals surface area contributed by atoms with E-state index in [-0.39, 0.29) is 17.8 Å². The lowest BCUT2D eigenvalue weighted by Gasteiger charge is -2.38. The van der Waals surface area contributed by atoms with Gasteiger partial charge in [0.25, 0.3) is 0 Å². The minimum Gasteiger partial charge on any atom is -0.388 e. The van der Waals surface area contributed by atoms with Gasteiger partial charge in [0.1, 0.15) is 0 Å². The van der Waals surface area contributed by atoms with Gasteiger partial charge in [-0.05, 0) is 55.3 Å². The van der Waals surface area contributed by atoms with E-state index in [1.54, 1.807) is 0 Å². The summed E-state index contributed by atoms with van der Waals surface area (Å²) in [5.74, 6) is 0.837. The molecular formula is C24H38N2O3. The average molecular weight is 403 g/mol. The lowest BCUT2D eigenvalue weighted by atomic mass is 9.83. The molecule has 1 saturated carbocycles. The minimum absolute atomic E-state index is 0.222. The number of rotatable bonds is 6. The Bertz CT molecular complexity index is 641. The molecule has 162 valence electrons. The Morgan fingerprint density at radius 2 is 1.76 bits per heavy atom. The van der Waals surface area contributed by atoms with Crippen molar-refractivity contribution in [3.8, 4) is 0 Å². The second kappa shape index (κ2) is 9.34. The number of piperazine rings is 1. The molecule has 4 rings (SSSR count). The lowest BCUT2D eigenvalue weighted by Crippen LogP contribution is -2.47. The molecule has 1 spiro atoms. The molecule has 0 bridgehead atoms. The van der Waals surface area contributed by atoms with E-state index in [1.165, 1.54) is 31.5 Å². The summed E-state index contributed by atoms with van der Waals surface area (Å²) < 4.78 is 11.7. The third-order valence-electron chi connectivity index (χ3n) is 7.11. The smallest absolute Gasteiger partial charge is 0.168 e. The van der Waals surface area contributed by atoms with Crippen molar-refractivity contribution in [2.75, 3.05) is 50.8 Å². The van der Waals surface area contributed by atoms with Gasteiger partial charge in [-0.1, -0.05) is 26.0 Å². The number of nitrogens with zero attached hydrogens (tertiary/aromatic N) is 2. The van der Waals surface area contributed by atoms with Crippen molar-refractivity contribution in [2.45, 2.75) is 57.8 Å². The zero-order chi connectivity index (χ0) is 20.3. The molecule has 1 unspecified atom stereocenters. The second-order valence-corrected chi connectivity index (χ2v) is 9.45. The van der Waals surface area contributed by atoms with Gasteiger partial charge in [-0.3, -0.25) is 4.90 Å². The first kappa shape index (κ1) is 21.1. The van der Waals surface area contributed by atoms with Crippen molar-refractivity contribution in [1.82, 2.24) is 4.90 Å². The molecule has 2 heterocycles. The summed E-state index contributed by atoms with van der Waals surface area (Å²) in [6.07, 6.45) is 5.54. The SMILES string of the molecule is CC(C)C(O)c1cccc(N2CCN(CCC3CCC4(CC3)OCCO4)CC2)c1. The van der Waals surface area contributed by atoms with Crippen molar-refractivity contribution >= 4 is 5.69 Å². The summed E-state index contributed by atoms with van der Waals surface area (Å²) in [5.41, 5.74) is 2.28. The molecule has 0 radical (unpaired) electrons. The lowest BCUT2D eigenvalue weighted by molar-refractivity contribution is -0.182. The van der Waals surface area contributed by atoms with Gasteiger partial charge in [-0.15, -0.1) is 0 Å². The van der Waals surface area contributed by atoms with E-state index in [4.69, 9.17) is 9.47 Å². The number of hydrogen-bond acceptors (Lipinski definition) is 5. The topological polar surface area (TPSA) is 45.2 Å². The largest absolute Gasteiger partial charge is 0.388 e. The Hall–Kier alpha value is -1.14. The number of aliphatic hydroxyl groups excluding tert-OH is 1. The molecule has 1 atom stereocenters. The molecule has 5 heteroatoms. The first-order chi connectivity index (χ1) is 14.0. The van der Waals surface area contributed by atoms with Crippen LogP contribution in [-0.4, -0.2) is 61.7 Å². The fourth-order valence-electron chi connectivity index (χ4n) is 5.08. The number of ether oxygens (including phenoxy) is 2. The fraction of sp³-hybridized carbons (Fsp3) is 0.750. The van der Waals surface area contributed by atoms with Crippen molar-refractivity contribution in [2.24, 2.45) is 11.8 Å². The monoisotopic (exact) mass is 402 g/mol. The standard InChI is InChI=1S/C24H38N2O3/c1-19(2)23(27)21-4-3-5-22(18-21)26-14-12-25(13-15-26)11-8-20-6-9-24(10-7-20)28-16-17-29-24/h3-5,18-20,23,27H,6-17H2,1-2H3. The van der Waals surface area contributed by atoms with E-state index in [0.717, 1.165) is 63.7 Å². The van der Waals surface area contributed by atoms with Crippen LogP contribution in [0.15, 0.2) is 24.3 Å². The minimum atomic E-state index is -0.383. The van der Waals surface area contributed by atoms with Crippen LogP contribution in [0.1, 0.15) is 57.6 Å². The van der Waals surface area contributed by atoms with Gasteiger partial charge in [0.15, 0.2) is 5.79 Å². The molecule has 1 aromatic carbocycles. The quantitative estimate of drug-likeness (QED) is 0.784. The number of benzene rings is 1. The van der Waals surface area contributed by atoms with Gasteiger partial charge in [0.05, 0.1) is 19.3 Å². The molecule has 1 aliphatic carbocycles. The average Bonchev–Trinajstić information content (AvgIpc) is 3.21. The molecular weight excluding hydrogens is 364 g/mol. The van der Waals surface area contributed by atoms with E-state index < -0.39 is 0 Å². The van der Waals surface area contributed by atoms with Gasteiger partial charge in [0, 0.05) is 44.7 Å². The highest BCUT2D eigenvalue weighted by molar-refractivity contribution is 5.49. The Balaban J connectivity index is 1.21. The van der Waals surface area contributed by atoms with Crippen molar-refractivity contribution in [3.63, 3.8) is 0 Å². The Morgan fingerprint density at radius 1 is 1.07 bits per heavy atom. The van der Waals surface area contributed by atoms with Crippen LogP contribution in [0.5, 0.6) is 0 Å². The molecule has 3 aliphatic rings. The summed E-state index contributed by atoms with van der Waals surface area (Å²) >= 11 is 0. The van der Waals surface area contributed by atoms with Gasteiger partial charge >= 0.3 is 0 Å². The van der Waals surface area contributed by atoms with Crippen LogP contribution in [0.4, 0.5) is 5.69 Å². The normalized spacial score (nSPS) is 24.5. The summed E-state index contributed by atoms with van der Waals surface area (Å²) in [6, 6.07) is 8.47. The van der Waals surface area contributed by atoms with Crippen LogP contribution < -0.4 is 4.90 Å². The van der Waals surface area contributed by atoms with E-state index in [2.05, 4.69) is 41.8 Å². The van der Waals surface area contributed by atoms with E-state index >= 15 is 0 Å². The van der Waals surface area contributed by atoms with E-state index in [0.29, 0.717) is 0 Å². The molecule has 1 N–H and O–H groups in total. The molecule has 0 aromatic heterocycles. The molecule has 2 aliphatic heterocycles. The highest BCUT2D eigenvalue weighted by atomic mass is 16.7. The molecule has 29 heavy (non-hydrogen) atoms. The Kier molecular flexibility index (Phi) is 6.80. The van der Waals surface area contributed by atoms with Gasteiger partial charge < -0.3 is 19.5 Å². The zero-order valence-electron chi connectivity index (χ0n) is 18.2. The third kappa shape index (κ3) is 5.13. The predicted octanol–water partition coefficient (Wildman–Crippen LogP) is 3.82. The molecule has 5 nitrogen and oxygen atoms in total. The third-order valence-corrected chi connectivity index (χ3v) is 7.11. The summed E-state index contributed by atoms with van der Waals surface area (Å²) in [4.78, 5) is 5.09. The number of hydrogen-bond donors (Lipinski definition) is 1. The van der Waals surface area contributed by atoms with Crippen molar-refractivity contribution in [3.05, 3.63) is 29.8 Å². The molecule has 0 amide bonds. The van der Waals surface area contributed by atoms with Crippen LogP contribution in [0.3, 0.4) is 0 Å². The summed E-state index contributed by atoms with van der Waals surface area (Å²) in [7, 11) is 0. The maximum atomic E-state index is 10.4. The maximum Gasteiger partial charge on any atom is 0.168 e. The fourth-order valence-corrected chi connectivity index (χ4v) is 5.08. The predicted molar refractivity (Wildman–Crippen MR) is 116 cm³/mol. The summed E-state index contributed by atoms with van der Waals surface area (Å²) in [5, 5.41) is 10.4. The number of aliphatic hydroxyl groups is 1. The van der Waals surface area contributed by atoms with Crippen LogP contribution in [0.25, 0.3) is 0 Å². The van der Waals surface area contributed by atoms with Gasteiger partial charge in [-0.2, -0.15) is 0 Å². The second-order valence-electron chi connectivity index (χ2n) is 9.45. The van der Waals surface area contributed by atoms with E-state index in [9.17, 15) is 5.11 Å². The van der Waals surface area contributed by atoms with Crippen molar-refractivity contribution < 1.29 is 14.6 Å². The Morgan fingerprint density at radius 3 is 2.41 bits per heavy atom. The molecule has 1 aromatic rings. The van der Waals surface area contributed by atoms with E-state index in [1.807, 2.05) is 6.07 Å². The molecule has 3 fully saturated rings. The van der Waals surface area contributed by atoms with Gasteiger partial charge in [0.2, 0.25) is 0 Å². The Labute approximate surface area is 176 Å². The molecule has 2 saturated heterocycles. The first-order valence-electron chi connectivity index (χ1n) is 11.6. The van der Waals surface area contributed by atoms with Crippen LogP contribution >= 0.6 is 0 Å². The van der Waals surface area contributed by atoms with Crippen LogP contribution in [0.2, 0.25) is 0 Å². The van der Waals surface area contributed by atoms with Gasteiger partial charge in [-0.25, -0.2) is 0 Å². The first-order valence-corrected chi connectivity index (χ1v) is 11.6. The highest BCUT2D eigenvalue weighted by Gasteiger charge is 2.40. The van der Waals surface area contributed by atoms with Crippen LogP contribution in [0, 0.1) is 11.8 Å². The van der Waals surface area contributed by atoms with Crippen LogP contribution in [-0.2, 0) is 9.47 Å². The maximum absolute atomic E-state index is 10.4. The summed E-state index contributed by atoms with van der Waals surface area (Å²) in [6.45, 7) is 11.3. The van der Waals surface area contributed by atoms with Crippen molar-refractivity contribution in [1.29, 1.82) is 0 Å². The number of anilines is 1.